The predicted octanol–water partition coefficient (Wildman–Crippen LogP) is 0.902. The first-order valence-electron chi connectivity index (χ1n) is 7.92. The molecule has 0 saturated carbocycles. The summed E-state index contributed by atoms with van der Waals surface area (Å²) in [5.74, 6) is -1.38. The van der Waals surface area contributed by atoms with Gasteiger partial charge in [0.05, 0.1) is 0 Å². The molecule has 1 saturated heterocycles. The van der Waals surface area contributed by atoms with E-state index in [1.807, 2.05) is 0 Å². The van der Waals surface area contributed by atoms with Gasteiger partial charge in [-0.1, -0.05) is 25.4 Å². The van der Waals surface area contributed by atoms with E-state index in [0.29, 0.717) is 0 Å². The molecule has 0 amide bonds. The summed E-state index contributed by atoms with van der Waals surface area (Å²) in [5.41, 5.74) is 4.54. The standard InChI is InChI=1S/C15H19ClFN3O6/c1-3-9(21)24-7-15(16)12(25-10(22)4-2)11(17)13(26-15)20-6-5-8(18)19-14(20)23/h5-6,11-13H,3-4,7H2,1-2H3,(H2,18,19,23)/t11-,12+,13-,15-/m1/s1. The summed E-state index contributed by atoms with van der Waals surface area (Å²) in [4.78, 5) is 38.5. The van der Waals surface area contributed by atoms with Crippen molar-refractivity contribution in [1.29, 1.82) is 0 Å². The van der Waals surface area contributed by atoms with Crippen LogP contribution in [0.4, 0.5) is 10.2 Å². The maximum Gasteiger partial charge on any atom is 0.351 e. The lowest BCUT2D eigenvalue weighted by Gasteiger charge is -2.27. The molecule has 1 aromatic heterocycles. The molecule has 2 N–H and O–H groups in total. The molecule has 1 aromatic rings. The van der Waals surface area contributed by atoms with Gasteiger partial charge in [0.1, 0.15) is 12.4 Å². The second-order valence-electron chi connectivity index (χ2n) is 5.56. The Hall–Kier alpha value is -2.20. The Labute approximate surface area is 153 Å². The summed E-state index contributed by atoms with van der Waals surface area (Å²) in [6.07, 6.45) is -3.93. The van der Waals surface area contributed by atoms with Gasteiger partial charge in [-0.15, -0.1) is 0 Å². The van der Waals surface area contributed by atoms with Gasteiger partial charge in [0, 0.05) is 19.0 Å². The molecular weight excluding hydrogens is 373 g/mol. The molecule has 9 nitrogen and oxygen atoms in total. The van der Waals surface area contributed by atoms with Crippen molar-refractivity contribution in [2.75, 3.05) is 12.3 Å². The first-order valence-corrected chi connectivity index (χ1v) is 8.30. The van der Waals surface area contributed by atoms with Crippen LogP contribution >= 0.6 is 11.6 Å². The number of nitrogens with zero attached hydrogens (tertiary/aromatic N) is 2. The third-order valence-corrected chi connectivity index (χ3v) is 4.11. The molecule has 1 aliphatic rings. The topological polar surface area (TPSA) is 123 Å². The van der Waals surface area contributed by atoms with Crippen LogP contribution in [-0.2, 0) is 23.8 Å². The Morgan fingerprint density at radius 2 is 2.08 bits per heavy atom. The number of ether oxygens (including phenoxy) is 3. The van der Waals surface area contributed by atoms with Gasteiger partial charge in [0.25, 0.3) is 0 Å². The molecule has 4 atom stereocenters. The minimum absolute atomic E-state index is 0.0288. The molecule has 0 radical (unpaired) electrons. The fourth-order valence-electron chi connectivity index (χ4n) is 2.32. The van der Waals surface area contributed by atoms with E-state index in [9.17, 15) is 18.8 Å². The molecule has 0 bridgehead atoms. The number of anilines is 1. The summed E-state index contributed by atoms with van der Waals surface area (Å²) in [7, 11) is 0. The van der Waals surface area contributed by atoms with Gasteiger partial charge >= 0.3 is 17.6 Å². The molecule has 0 aliphatic carbocycles. The van der Waals surface area contributed by atoms with Crippen LogP contribution in [0, 0.1) is 0 Å². The molecular formula is C15H19ClFN3O6. The van der Waals surface area contributed by atoms with Crippen LogP contribution < -0.4 is 11.4 Å². The number of hydrogen-bond donors (Lipinski definition) is 1. The zero-order chi connectivity index (χ0) is 19.5. The van der Waals surface area contributed by atoms with E-state index >= 15 is 0 Å². The predicted molar refractivity (Wildman–Crippen MR) is 87.9 cm³/mol. The molecule has 2 rings (SSSR count). The van der Waals surface area contributed by atoms with Gasteiger partial charge in [0.15, 0.2) is 18.5 Å². The molecule has 26 heavy (non-hydrogen) atoms. The van der Waals surface area contributed by atoms with Crippen LogP contribution in [0.3, 0.4) is 0 Å². The number of carbonyl (C=O) groups is 2. The maximum atomic E-state index is 15.0. The van der Waals surface area contributed by atoms with E-state index in [1.54, 1.807) is 6.92 Å². The third-order valence-electron chi connectivity index (χ3n) is 3.69. The van der Waals surface area contributed by atoms with E-state index in [-0.39, 0.29) is 18.7 Å². The van der Waals surface area contributed by atoms with Crippen LogP contribution in [-0.4, -0.2) is 45.4 Å². The van der Waals surface area contributed by atoms with Gasteiger partial charge in [-0.3, -0.25) is 14.2 Å². The number of rotatable bonds is 6. The van der Waals surface area contributed by atoms with Crippen molar-refractivity contribution in [2.45, 2.75) is 50.3 Å². The maximum absolute atomic E-state index is 15.0. The molecule has 2 heterocycles. The lowest BCUT2D eigenvalue weighted by Crippen LogP contribution is -2.44. The van der Waals surface area contributed by atoms with Crippen LogP contribution in [0.25, 0.3) is 0 Å². The fourth-order valence-corrected chi connectivity index (χ4v) is 2.64. The number of nitrogen functional groups attached to an aromatic ring is 1. The van der Waals surface area contributed by atoms with Crippen LogP contribution in [0.15, 0.2) is 17.1 Å². The highest BCUT2D eigenvalue weighted by Crippen LogP contribution is 2.43. The highest BCUT2D eigenvalue weighted by molar-refractivity contribution is 6.24. The molecule has 0 spiro atoms. The zero-order valence-electron chi connectivity index (χ0n) is 14.2. The van der Waals surface area contributed by atoms with Crippen molar-refractivity contribution in [2.24, 2.45) is 0 Å². The number of hydrogen-bond acceptors (Lipinski definition) is 8. The minimum Gasteiger partial charge on any atom is -0.461 e. The van der Waals surface area contributed by atoms with E-state index in [2.05, 4.69) is 4.98 Å². The molecule has 144 valence electrons. The van der Waals surface area contributed by atoms with Crippen LogP contribution in [0.2, 0.25) is 0 Å². The minimum atomic E-state index is -2.01. The number of esters is 2. The van der Waals surface area contributed by atoms with Gasteiger partial charge < -0.3 is 19.9 Å². The number of nitrogens with two attached hydrogens (primary N) is 1. The molecule has 11 heteroatoms. The Balaban J connectivity index is 2.34. The van der Waals surface area contributed by atoms with Crippen molar-refractivity contribution in [3.8, 4) is 0 Å². The van der Waals surface area contributed by atoms with Gasteiger partial charge in [0.2, 0.25) is 5.06 Å². The fraction of sp³-hybridized carbons (Fsp3) is 0.600. The number of carbonyl (C=O) groups excluding carboxylic acids is 2. The highest BCUT2D eigenvalue weighted by Gasteiger charge is 2.59. The SMILES string of the molecule is CCC(=O)OC[C@@]1(Cl)O[C@@H](n2ccc(N)nc2=O)[C@H](F)[C@@H]1OC(=O)CC. The highest BCUT2D eigenvalue weighted by atomic mass is 35.5. The average Bonchev–Trinajstić information content (AvgIpc) is 2.84. The van der Waals surface area contributed by atoms with Gasteiger partial charge in [-0.25, -0.2) is 9.18 Å². The molecule has 1 aliphatic heterocycles. The van der Waals surface area contributed by atoms with E-state index in [0.717, 1.165) is 4.57 Å². The summed E-state index contributed by atoms with van der Waals surface area (Å²) >= 11 is 6.28. The van der Waals surface area contributed by atoms with Crippen molar-refractivity contribution in [3.63, 3.8) is 0 Å². The molecule has 0 aromatic carbocycles. The van der Waals surface area contributed by atoms with Crippen LogP contribution in [0.5, 0.6) is 0 Å². The Morgan fingerprint density at radius 1 is 1.42 bits per heavy atom. The Morgan fingerprint density at radius 3 is 2.65 bits per heavy atom. The third kappa shape index (κ3) is 4.13. The van der Waals surface area contributed by atoms with E-state index in [1.165, 1.54) is 19.2 Å². The second kappa shape index (κ2) is 8.00. The first-order chi connectivity index (χ1) is 12.2. The largest absolute Gasteiger partial charge is 0.461 e. The molecule has 0 unspecified atom stereocenters. The van der Waals surface area contributed by atoms with Crippen molar-refractivity contribution in [1.82, 2.24) is 9.55 Å². The van der Waals surface area contributed by atoms with E-state index in [4.69, 9.17) is 31.5 Å². The summed E-state index contributed by atoms with van der Waals surface area (Å²) < 4.78 is 31.2. The summed E-state index contributed by atoms with van der Waals surface area (Å²) in [6.45, 7) is 2.51. The first kappa shape index (κ1) is 20.1. The lowest BCUT2D eigenvalue weighted by molar-refractivity contribution is -0.163. The zero-order valence-corrected chi connectivity index (χ0v) is 14.9. The smallest absolute Gasteiger partial charge is 0.351 e. The number of halogens is 2. The van der Waals surface area contributed by atoms with Crippen molar-refractivity contribution in [3.05, 3.63) is 22.7 Å². The quantitative estimate of drug-likeness (QED) is 0.560. The lowest BCUT2D eigenvalue weighted by atomic mass is 10.1. The van der Waals surface area contributed by atoms with E-state index < -0.39 is 47.8 Å². The Kier molecular flexibility index (Phi) is 6.19. The monoisotopic (exact) mass is 391 g/mol. The Bertz CT molecular complexity index is 744. The number of alkyl halides is 2. The summed E-state index contributed by atoms with van der Waals surface area (Å²) in [6, 6.07) is 1.27. The summed E-state index contributed by atoms with van der Waals surface area (Å²) in [5, 5.41) is -2.00. The number of aromatic nitrogens is 2. The molecule has 1 fully saturated rings. The van der Waals surface area contributed by atoms with Gasteiger partial charge in [-0.2, -0.15) is 4.98 Å². The average molecular weight is 392 g/mol. The van der Waals surface area contributed by atoms with Crippen LogP contribution in [0.1, 0.15) is 32.9 Å². The van der Waals surface area contributed by atoms with Crippen molar-refractivity contribution >= 4 is 29.4 Å². The second-order valence-corrected chi connectivity index (χ2v) is 6.20. The normalized spacial score (nSPS) is 27.9. The van der Waals surface area contributed by atoms with Crippen molar-refractivity contribution < 1.29 is 28.2 Å². The van der Waals surface area contributed by atoms with Gasteiger partial charge in [-0.05, 0) is 6.07 Å².